The normalized spacial score (nSPS) is 11.1. The summed E-state index contributed by atoms with van der Waals surface area (Å²) in [6, 6.07) is 11.7. The minimum Gasteiger partial charge on any atom is -0.326 e. The molecule has 0 aromatic heterocycles. The van der Waals surface area contributed by atoms with E-state index in [-0.39, 0.29) is 24.5 Å². The standard InChI is InChI=1S/C15H14F3N.ClH/c1-10-4-2-3-5-13(10)11-6-7-12(9-19)14(8-11)15(16,17)18;/h2-8H,9,19H2,1H3;1H. The second kappa shape index (κ2) is 6.29. The van der Waals surface area contributed by atoms with Crippen molar-refractivity contribution >= 4 is 12.4 Å². The van der Waals surface area contributed by atoms with E-state index in [1.165, 1.54) is 12.1 Å². The highest BCUT2D eigenvalue weighted by atomic mass is 35.5. The van der Waals surface area contributed by atoms with Crippen molar-refractivity contribution in [3.63, 3.8) is 0 Å². The smallest absolute Gasteiger partial charge is 0.326 e. The summed E-state index contributed by atoms with van der Waals surface area (Å²) in [5.41, 5.74) is 7.13. The predicted molar refractivity (Wildman–Crippen MR) is 76.8 cm³/mol. The van der Waals surface area contributed by atoms with Crippen LogP contribution in [0.15, 0.2) is 42.5 Å². The number of benzene rings is 2. The summed E-state index contributed by atoms with van der Waals surface area (Å²) in [5.74, 6) is 0. The summed E-state index contributed by atoms with van der Waals surface area (Å²) in [5, 5.41) is 0. The molecule has 0 aliphatic rings. The van der Waals surface area contributed by atoms with E-state index in [1.54, 1.807) is 6.07 Å². The fourth-order valence-corrected chi connectivity index (χ4v) is 2.08. The molecule has 0 amide bonds. The van der Waals surface area contributed by atoms with Crippen LogP contribution in [0.2, 0.25) is 0 Å². The van der Waals surface area contributed by atoms with Gasteiger partial charge in [0, 0.05) is 6.54 Å². The van der Waals surface area contributed by atoms with Crippen LogP contribution in [0.25, 0.3) is 11.1 Å². The minimum atomic E-state index is -4.38. The van der Waals surface area contributed by atoms with Crippen LogP contribution >= 0.6 is 12.4 Å². The van der Waals surface area contributed by atoms with Crippen molar-refractivity contribution < 1.29 is 13.2 Å². The van der Waals surface area contributed by atoms with Crippen LogP contribution in [-0.4, -0.2) is 0 Å². The first-order valence-electron chi connectivity index (χ1n) is 5.89. The third-order valence-corrected chi connectivity index (χ3v) is 3.09. The van der Waals surface area contributed by atoms with E-state index in [0.29, 0.717) is 5.56 Å². The SMILES string of the molecule is Cc1ccccc1-c1ccc(CN)c(C(F)(F)F)c1.Cl. The van der Waals surface area contributed by atoms with E-state index in [0.717, 1.165) is 11.1 Å². The molecule has 0 aliphatic heterocycles. The van der Waals surface area contributed by atoms with Gasteiger partial charge in [-0.1, -0.05) is 36.4 Å². The van der Waals surface area contributed by atoms with Crippen molar-refractivity contribution in [1.82, 2.24) is 0 Å². The molecule has 0 bridgehead atoms. The van der Waals surface area contributed by atoms with Gasteiger partial charge in [0.1, 0.15) is 0 Å². The Hall–Kier alpha value is -1.52. The highest BCUT2D eigenvalue weighted by Crippen LogP contribution is 2.35. The molecule has 0 spiro atoms. The maximum Gasteiger partial charge on any atom is 0.416 e. The molecule has 0 fully saturated rings. The first-order valence-corrected chi connectivity index (χ1v) is 5.89. The highest BCUT2D eigenvalue weighted by Gasteiger charge is 2.33. The molecule has 2 aromatic carbocycles. The molecular weight excluding hydrogens is 287 g/mol. The zero-order chi connectivity index (χ0) is 14.0. The van der Waals surface area contributed by atoms with Crippen LogP contribution in [0, 0.1) is 6.92 Å². The lowest BCUT2D eigenvalue weighted by molar-refractivity contribution is -0.138. The maximum atomic E-state index is 13.0. The second-order valence-electron chi connectivity index (χ2n) is 4.39. The van der Waals surface area contributed by atoms with E-state index in [2.05, 4.69) is 0 Å². The van der Waals surface area contributed by atoms with Gasteiger partial charge < -0.3 is 5.73 Å². The summed E-state index contributed by atoms with van der Waals surface area (Å²) in [6.07, 6.45) is -4.38. The van der Waals surface area contributed by atoms with Crippen molar-refractivity contribution in [2.45, 2.75) is 19.6 Å². The first-order chi connectivity index (χ1) is 8.93. The van der Waals surface area contributed by atoms with Crippen molar-refractivity contribution in [1.29, 1.82) is 0 Å². The summed E-state index contributed by atoms with van der Waals surface area (Å²) in [7, 11) is 0. The second-order valence-corrected chi connectivity index (χ2v) is 4.39. The largest absolute Gasteiger partial charge is 0.416 e. The molecule has 0 aliphatic carbocycles. The van der Waals surface area contributed by atoms with Gasteiger partial charge in [-0.3, -0.25) is 0 Å². The number of aryl methyl sites for hydroxylation is 1. The van der Waals surface area contributed by atoms with Crippen LogP contribution in [0.1, 0.15) is 16.7 Å². The van der Waals surface area contributed by atoms with Gasteiger partial charge in [-0.05, 0) is 35.2 Å². The lowest BCUT2D eigenvalue weighted by Gasteiger charge is -2.14. The number of hydrogen-bond donors (Lipinski definition) is 1. The van der Waals surface area contributed by atoms with Gasteiger partial charge >= 0.3 is 6.18 Å². The first kappa shape index (κ1) is 16.5. The summed E-state index contributed by atoms with van der Waals surface area (Å²) >= 11 is 0. The highest BCUT2D eigenvalue weighted by molar-refractivity contribution is 5.85. The molecular formula is C15H15ClF3N. The Morgan fingerprint density at radius 1 is 1.05 bits per heavy atom. The molecule has 1 nitrogen and oxygen atoms in total. The van der Waals surface area contributed by atoms with Crippen LogP contribution in [-0.2, 0) is 12.7 Å². The Bertz CT molecular complexity index is 594. The Kier molecular flexibility index (Phi) is 5.20. The van der Waals surface area contributed by atoms with Crippen LogP contribution in [0.4, 0.5) is 13.2 Å². The third kappa shape index (κ3) is 3.32. The van der Waals surface area contributed by atoms with Crippen molar-refractivity contribution in [2.24, 2.45) is 5.73 Å². The fraction of sp³-hybridized carbons (Fsp3) is 0.200. The van der Waals surface area contributed by atoms with Gasteiger partial charge in [-0.25, -0.2) is 0 Å². The van der Waals surface area contributed by atoms with Crippen molar-refractivity contribution in [2.75, 3.05) is 0 Å². The molecule has 0 saturated carbocycles. The number of alkyl halides is 3. The zero-order valence-electron chi connectivity index (χ0n) is 10.9. The Balaban J connectivity index is 0.00000200. The molecule has 5 heteroatoms. The van der Waals surface area contributed by atoms with E-state index in [9.17, 15) is 13.2 Å². The van der Waals surface area contributed by atoms with Gasteiger partial charge in [-0.15, -0.1) is 12.4 Å². The summed E-state index contributed by atoms with van der Waals surface area (Å²) < 4.78 is 38.9. The average Bonchev–Trinajstić information content (AvgIpc) is 2.37. The quantitative estimate of drug-likeness (QED) is 0.864. The summed E-state index contributed by atoms with van der Waals surface area (Å²) in [4.78, 5) is 0. The van der Waals surface area contributed by atoms with Gasteiger partial charge in [0.15, 0.2) is 0 Å². The molecule has 0 unspecified atom stereocenters. The Morgan fingerprint density at radius 3 is 2.25 bits per heavy atom. The number of nitrogens with two attached hydrogens (primary N) is 1. The molecule has 0 saturated heterocycles. The molecule has 0 atom stereocenters. The van der Waals surface area contributed by atoms with Crippen LogP contribution in [0.5, 0.6) is 0 Å². The Morgan fingerprint density at radius 2 is 1.70 bits per heavy atom. The van der Waals surface area contributed by atoms with Gasteiger partial charge in [-0.2, -0.15) is 13.2 Å². The third-order valence-electron chi connectivity index (χ3n) is 3.09. The minimum absolute atomic E-state index is 0. The lowest BCUT2D eigenvalue weighted by Crippen LogP contribution is -2.12. The molecule has 0 heterocycles. The van der Waals surface area contributed by atoms with Gasteiger partial charge in [0.2, 0.25) is 0 Å². The average molecular weight is 302 g/mol. The molecule has 2 N–H and O–H groups in total. The fourth-order valence-electron chi connectivity index (χ4n) is 2.08. The monoisotopic (exact) mass is 301 g/mol. The van der Waals surface area contributed by atoms with E-state index < -0.39 is 11.7 Å². The lowest BCUT2D eigenvalue weighted by atomic mass is 9.96. The molecule has 108 valence electrons. The number of halogens is 4. The van der Waals surface area contributed by atoms with Gasteiger partial charge in [0.25, 0.3) is 0 Å². The van der Waals surface area contributed by atoms with Crippen molar-refractivity contribution in [3.05, 3.63) is 59.2 Å². The van der Waals surface area contributed by atoms with Crippen LogP contribution in [0.3, 0.4) is 0 Å². The maximum absolute atomic E-state index is 13.0. The molecule has 20 heavy (non-hydrogen) atoms. The van der Waals surface area contributed by atoms with E-state index >= 15 is 0 Å². The van der Waals surface area contributed by atoms with E-state index in [1.807, 2.05) is 31.2 Å². The zero-order valence-corrected chi connectivity index (χ0v) is 11.7. The van der Waals surface area contributed by atoms with E-state index in [4.69, 9.17) is 5.73 Å². The number of hydrogen-bond acceptors (Lipinski definition) is 1. The van der Waals surface area contributed by atoms with Gasteiger partial charge in [0.05, 0.1) is 5.56 Å². The topological polar surface area (TPSA) is 26.0 Å². The number of rotatable bonds is 2. The molecule has 0 radical (unpaired) electrons. The summed E-state index contributed by atoms with van der Waals surface area (Å²) in [6.45, 7) is 1.75. The van der Waals surface area contributed by atoms with Crippen molar-refractivity contribution in [3.8, 4) is 11.1 Å². The van der Waals surface area contributed by atoms with Crippen LogP contribution < -0.4 is 5.73 Å². The molecule has 2 rings (SSSR count). The molecule has 2 aromatic rings. The Labute approximate surface area is 122 Å². The predicted octanol–water partition coefficient (Wildman–Crippen LogP) is 4.56.